The minimum atomic E-state index is -2.91. The molecule has 28 heavy (non-hydrogen) atoms. The Morgan fingerprint density at radius 1 is 1.11 bits per heavy atom. The molecule has 7 nitrogen and oxygen atoms in total. The van der Waals surface area contributed by atoms with Crippen LogP contribution in [0.3, 0.4) is 0 Å². The maximum Gasteiger partial charge on any atom is 0.387 e. The molecular formula is C18H18F2N4O3S. The van der Waals surface area contributed by atoms with Crippen LogP contribution in [0.15, 0.2) is 47.6 Å². The van der Waals surface area contributed by atoms with E-state index in [1.165, 1.54) is 24.9 Å². The number of hydrogen-bond donors (Lipinski definition) is 0. The number of para-hydroxylation sites is 2. The van der Waals surface area contributed by atoms with Crippen LogP contribution in [0.1, 0.15) is 12.5 Å². The van der Waals surface area contributed by atoms with Crippen LogP contribution in [0.25, 0.3) is 5.69 Å². The number of tetrazole rings is 1. The van der Waals surface area contributed by atoms with Crippen LogP contribution in [0.4, 0.5) is 8.78 Å². The Bertz CT molecular complexity index is 923. The van der Waals surface area contributed by atoms with Gasteiger partial charge in [-0.2, -0.15) is 13.5 Å². The van der Waals surface area contributed by atoms with Gasteiger partial charge in [-0.25, -0.2) is 0 Å². The lowest BCUT2D eigenvalue weighted by Gasteiger charge is -2.12. The van der Waals surface area contributed by atoms with Crippen molar-refractivity contribution >= 4 is 11.8 Å². The monoisotopic (exact) mass is 408 g/mol. The Kier molecular flexibility index (Phi) is 6.64. The van der Waals surface area contributed by atoms with Gasteiger partial charge in [-0.1, -0.05) is 30.0 Å². The summed E-state index contributed by atoms with van der Waals surface area (Å²) < 4.78 is 41.7. The highest BCUT2D eigenvalue weighted by Gasteiger charge is 2.15. The van der Waals surface area contributed by atoms with Crippen LogP contribution in [-0.4, -0.2) is 40.5 Å². The molecule has 0 unspecified atom stereocenters. The fourth-order valence-corrected chi connectivity index (χ4v) is 3.30. The summed E-state index contributed by atoms with van der Waals surface area (Å²) in [5.74, 6) is 1.40. The first-order valence-electron chi connectivity index (χ1n) is 8.37. The zero-order chi connectivity index (χ0) is 19.9. The predicted molar refractivity (Wildman–Crippen MR) is 99.5 cm³/mol. The lowest BCUT2D eigenvalue weighted by molar-refractivity contribution is -0.0512. The maximum atomic E-state index is 12.4. The smallest absolute Gasteiger partial charge is 0.387 e. The largest absolute Gasteiger partial charge is 0.493 e. The van der Waals surface area contributed by atoms with Gasteiger partial charge in [0.05, 0.1) is 13.7 Å². The fraction of sp³-hybridized carbons (Fsp3) is 0.278. The Hall–Kier alpha value is -2.88. The number of rotatable bonds is 9. The van der Waals surface area contributed by atoms with E-state index in [4.69, 9.17) is 9.47 Å². The molecule has 0 N–H and O–H groups in total. The van der Waals surface area contributed by atoms with Crippen LogP contribution >= 0.6 is 11.8 Å². The Labute approximate surface area is 164 Å². The van der Waals surface area contributed by atoms with Crippen LogP contribution in [-0.2, 0) is 5.75 Å². The summed E-state index contributed by atoms with van der Waals surface area (Å²) in [4.78, 5) is 0. The van der Waals surface area contributed by atoms with E-state index in [-0.39, 0.29) is 11.5 Å². The number of aromatic nitrogens is 4. The first-order valence-corrected chi connectivity index (χ1v) is 9.36. The van der Waals surface area contributed by atoms with Gasteiger partial charge in [0.25, 0.3) is 0 Å². The molecule has 3 aromatic rings. The van der Waals surface area contributed by atoms with Crippen molar-refractivity contribution in [2.75, 3.05) is 13.7 Å². The van der Waals surface area contributed by atoms with Gasteiger partial charge < -0.3 is 14.2 Å². The van der Waals surface area contributed by atoms with E-state index in [1.807, 2.05) is 31.2 Å². The van der Waals surface area contributed by atoms with E-state index >= 15 is 0 Å². The number of alkyl halides is 2. The molecule has 148 valence electrons. The molecule has 10 heteroatoms. The van der Waals surface area contributed by atoms with E-state index in [0.717, 1.165) is 11.3 Å². The minimum absolute atomic E-state index is 0.0123. The lowest BCUT2D eigenvalue weighted by Crippen LogP contribution is -2.04. The summed E-state index contributed by atoms with van der Waals surface area (Å²) in [6.45, 7) is -0.487. The van der Waals surface area contributed by atoms with Gasteiger partial charge in [-0.05, 0) is 47.2 Å². The number of nitrogens with zero attached hydrogens (tertiary/aromatic N) is 4. The van der Waals surface area contributed by atoms with Gasteiger partial charge in [0.2, 0.25) is 5.16 Å². The van der Waals surface area contributed by atoms with Gasteiger partial charge in [0.15, 0.2) is 11.5 Å². The van der Waals surface area contributed by atoms with Crippen LogP contribution in [0.5, 0.6) is 17.2 Å². The van der Waals surface area contributed by atoms with Gasteiger partial charge >= 0.3 is 6.61 Å². The van der Waals surface area contributed by atoms with Gasteiger partial charge in [-0.15, -0.1) is 5.10 Å². The first kappa shape index (κ1) is 19.9. The molecule has 1 aromatic heterocycles. The van der Waals surface area contributed by atoms with Crippen molar-refractivity contribution in [2.45, 2.75) is 24.4 Å². The second-order valence-corrected chi connectivity index (χ2v) is 6.37. The van der Waals surface area contributed by atoms with Crippen molar-refractivity contribution in [3.8, 4) is 22.9 Å². The van der Waals surface area contributed by atoms with Gasteiger partial charge in [0.1, 0.15) is 11.4 Å². The summed E-state index contributed by atoms with van der Waals surface area (Å²) in [5, 5.41) is 12.4. The predicted octanol–water partition coefficient (Wildman–Crippen LogP) is 3.96. The van der Waals surface area contributed by atoms with E-state index in [0.29, 0.717) is 23.3 Å². The molecule has 3 rings (SSSR count). The molecule has 0 radical (unpaired) electrons. The summed E-state index contributed by atoms with van der Waals surface area (Å²) in [6, 6.07) is 12.3. The molecule has 0 saturated carbocycles. The first-order chi connectivity index (χ1) is 13.6. The molecule has 0 aliphatic heterocycles. The topological polar surface area (TPSA) is 71.3 Å². The molecule has 2 aromatic carbocycles. The zero-order valence-corrected chi connectivity index (χ0v) is 16.0. The number of benzene rings is 2. The van der Waals surface area contributed by atoms with Crippen molar-refractivity contribution in [3.63, 3.8) is 0 Å². The van der Waals surface area contributed by atoms with Crippen molar-refractivity contribution in [1.82, 2.24) is 20.2 Å². The fourth-order valence-electron chi connectivity index (χ4n) is 2.47. The summed E-state index contributed by atoms with van der Waals surface area (Å²) in [6.07, 6.45) is 0. The average Bonchev–Trinajstić information content (AvgIpc) is 3.16. The van der Waals surface area contributed by atoms with Crippen molar-refractivity contribution in [3.05, 3.63) is 48.0 Å². The number of ether oxygens (including phenoxy) is 3. The second-order valence-electron chi connectivity index (χ2n) is 5.43. The third kappa shape index (κ3) is 4.69. The van der Waals surface area contributed by atoms with Gasteiger partial charge in [-0.3, -0.25) is 0 Å². The van der Waals surface area contributed by atoms with E-state index in [2.05, 4.69) is 20.3 Å². The highest BCUT2D eigenvalue weighted by atomic mass is 32.2. The van der Waals surface area contributed by atoms with Crippen molar-refractivity contribution in [2.24, 2.45) is 0 Å². The molecule has 0 aliphatic rings. The quantitative estimate of drug-likeness (QED) is 0.496. The second kappa shape index (κ2) is 9.36. The molecule has 0 aliphatic carbocycles. The Balaban J connectivity index is 1.77. The number of thioether (sulfide) groups is 1. The highest BCUT2D eigenvalue weighted by molar-refractivity contribution is 7.98. The number of hydrogen-bond acceptors (Lipinski definition) is 7. The number of methoxy groups -OCH3 is 1. The molecular weight excluding hydrogens is 390 g/mol. The van der Waals surface area contributed by atoms with Crippen LogP contribution in [0.2, 0.25) is 0 Å². The third-order valence-corrected chi connectivity index (χ3v) is 4.64. The third-order valence-electron chi connectivity index (χ3n) is 3.65. The molecule has 0 saturated heterocycles. The molecule has 0 bridgehead atoms. The van der Waals surface area contributed by atoms with Crippen molar-refractivity contribution < 1.29 is 23.0 Å². The SMILES string of the molecule is CCOc1ccccc1-n1nnnc1SCc1ccc(OC(F)F)c(OC)c1. The average molecular weight is 408 g/mol. The summed E-state index contributed by atoms with van der Waals surface area (Å²) in [7, 11) is 1.40. The maximum absolute atomic E-state index is 12.4. The molecule has 0 amide bonds. The van der Waals surface area contributed by atoms with E-state index in [1.54, 1.807) is 16.8 Å². The van der Waals surface area contributed by atoms with Crippen LogP contribution < -0.4 is 14.2 Å². The molecule has 1 heterocycles. The highest BCUT2D eigenvalue weighted by Crippen LogP contribution is 2.32. The minimum Gasteiger partial charge on any atom is -0.493 e. The summed E-state index contributed by atoms with van der Waals surface area (Å²) in [5.41, 5.74) is 1.58. The van der Waals surface area contributed by atoms with Gasteiger partial charge in [0, 0.05) is 5.75 Å². The molecule has 0 fully saturated rings. The molecule has 0 atom stereocenters. The number of halogens is 2. The summed E-state index contributed by atoms with van der Waals surface area (Å²) >= 11 is 1.39. The zero-order valence-electron chi connectivity index (χ0n) is 15.2. The van der Waals surface area contributed by atoms with E-state index in [9.17, 15) is 8.78 Å². The van der Waals surface area contributed by atoms with Crippen molar-refractivity contribution in [1.29, 1.82) is 0 Å². The molecule has 0 spiro atoms. The standard InChI is InChI=1S/C18H18F2N4O3S/c1-3-26-14-7-5-4-6-13(14)24-18(21-22-23-24)28-11-12-8-9-15(27-17(19)20)16(10-12)25-2/h4-10,17H,3,11H2,1-2H3. The van der Waals surface area contributed by atoms with E-state index < -0.39 is 6.61 Å². The Morgan fingerprint density at radius 2 is 1.93 bits per heavy atom. The van der Waals surface area contributed by atoms with Crippen LogP contribution in [0, 0.1) is 0 Å². The Morgan fingerprint density at radius 3 is 2.68 bits per heavy atom. The normalized spacial score (nSPS) is 10.9. The lowest BCUT2D eigenvalue weighted by atomic mass is 10.2.